The molecule has 10 aromatic carbocycles. The predicted molar refractivity (Wildman–Crippen MR) is 590 cm³/mol. The van der Waals surface area contributed by atoms with Crippen molar-refractivity contribution >= 4 is 178 Å². The monoisotopic (exact) mass is 2070 g/mol. The highest BCUT2D eigenvalue weighted by Crippen LogP contribution is 2.39. The zero-order chi connectivity index (χ0) is 99.9. The maximum atomic E-state index is 12.6. The molecule has 0 spiro atoms. The second-order valence-corrected chi connectivity index (χ2v) is 43.6. The number of methoxy groups -OCH3 is 1. The quantitative estimate of drug-likeness (QED) is 0.0317. The number of nitrogens with zero attached hydrogens (tertiary/aromatic N) is 14. The molecule has 0 bridgehead atoms. The number of likely N-dealkylation sites (tertiary alicyclic amines) is 1. The molecule has 10 aromatic heterocycles. The highest BCUT2D eigenvalue weighted by Gasteiger charge is 2.23. The van der Waals surface area contributed by atoms with Crippen LogP contribution in [0.2, 0.25) is 5.02 Å². The second-order valence-electron chi connectivity index (χ2n) is 36.1. The number of aryl methyl sites for hydroxylation is 1. The number of nitrogens with one attached hydrogen (secondary N) is 4. The lowest BCUT2D eigenvalue weighted by Gasteiger charge is -2.26. The number of imidazole rings is 5. The number of morpholine rings is 2. The largest absolute Gasteiger partial charge is 0.497 e. The third-order valence-corrected chi connectivity index (χ3v) is 32.7. The molecule has 0 unspecified atom stereocenters. The van der Waals surface area contributed by atoms with Crippen molar-refractivity contribution in [2.24, 2.45) is 0 Å². The van der Waals surface area contributed by atoms with Gasteiger partial charge in [-0.2, -0.15) is 0 Å². The first-order valence-corrected chi connectivity index (χ1v) is 55.7. The number of hydrogen-bond donors (Lipinski definition) is 4. The summed E-state index contributed by atoms with van der Waals surface area (Å²) in [5.74, 6) is 0.755. The summed E-state index contributed by atoms with van der Waals surface area (Å²) in [6.45, 7) is 24.9. The van der Waals surface area contributed by atoms with Gasteiger partial charge in [0.05, 0.1) is 123 Å². The second kappa shape index (κ2) is 47.0. The Kier molecular flexibility index (Phi) is 32.7. The SMILES string of the molecule is CCN(CC)CCCNC(=O)c1ccc2c(c1)sc1nc(-c3ccccc3)cn12.COc1cccc(-c2cn3c(n2)sc2cc(C(=O)NCCCN4CCOCC4)ccc23)c1.CS(=O)(=O)c1ccc2c(c1)sc1nc(-c3ccccc3Cl)cn12.Cc1ccc(-c2cn3c(n2)sc2cc(C(=O)NCCCN4CCOCC4)ccc23)cc1.O=C(NCCCN1CCCCC1)c1ccc2c(c1)sc1nc(-c3ccccc3)cn12. The number of sulfone groups is 1. The molecule has 746 valence electrons. The van der Waals surface area contributed by atoms with Gasteiger partial charge in [-0.3, -0.25) is 51.0 Å². The minimum atomic E-state index is -3.21. The Labute approximate surface area is 866 Å². The maximum Gasteiger partial charge on any atom is 0.251 e. The van der Waals surface area contributed by atoms with Gasteiger partial charge < -0.3 is 45.3 Å². The number of hydrogen-bond acceptors (Lipinski definition) is 23. The van der Waals surface area contributed by atoms with Crippen LogP contribution in [0.25, 0.3) is 132 Å². The minimum Gasteiger partial charge on any atom is -0.497 e. The number of carbonyl (C=O) groups excluding carboxylic acids is 4. The van der Waals surface area contributed by atoms with Crippen LogP contribution in [0.4, 0.5) is 0 Å². The van der Waals surface area contributed by atoms with Gasteiger partial charge in [0.2, 0.25) is 0 Å². The van der Waals surface area contributed by atoms with Crippen molar-refractivity contribution in [2.45, 2.75) is 70.6 Å². The van der Waals surface area contributed by atoms with Crippen LogP contribution in [-0.2, 0) is 19.3 Å². The van der Waals surface area contributed by atoms with Gasteiger partial charge in [-0.15, -0.1) is 0 Å². The first kappa shape index (κ1) is 101. The Bertz CT molecular complexity index is 8060. The van der Waals surface area contributed by atoms with E-state index in [1.165, 1.54) is 55.5 Å². The van der Waals surface area contributed by atoms with Crippen molar-refractivity contribution in [1.82, 2.24) is 87.8 Å². The molecular formula is C111H115ClN18O9S6. The number of amides is 4. The molecule has 20 aromatic rings. The maximum absolute atomic E-state index is 12.6. The number of piperidine rings is 1. The molecule has 3 aliphatic heterocycles. The number of benzene rings is 10. The van der Waals surface area contributed by atoms with Crippen LogP contribution in [0.1, 0.15) is 106 Å². The number of rotatable bonds is 29. The van der Waals surface area contributed by atoms with E-state index in [2.05, 4.69) is 151 Å². The van der Waals surface area contributed by atoms with E-state index in [1.54, 1.807) is 64.6 Å². The van der Waals surface area contributed by atoms with Crippen LogP contribution in [0, 0.1) is 6.92 Å². The molecule has 145 heavy (non-hydrogen) atoms. The van der Waals surface area contributed by atoms with E-state index >= 15 is 0 Å². The fourth-order valence-electron chi connectivity index (χ4n) is 18.2. The smallest absolute Gasteiger partial charge is 0.251 e. The molecule has 34 heteroatoms. The van der Waals surface area contributed by atoms with Crippen molar-refractivity contribution in [2.75, 3.05) is 145 Å². The minimum absolute atomic E-state index is 0.00607. The molecule has 3 fully saturated rings. The highest BCUT2D eigenvalue weighted by molar-refractivity contribution is 7.90. The van der Waals surface area contributed by atoms with E-state index in [4.69, 9.17) is 45.7 Å². The van der Waals surface area contributed by atoms with E-state index in [0.717, 1.165) is 262 Å². The summed E-state index contributed by atoms with van der Waals surface area (Å²) in [6.07, 6.45) is 19.2. The van der Waals surface area contributed by atoms with Gasteiger partial charge in [0.1, 0.15) is 5.75 Å². The van der Waals surface area contributed by atoms with Gasteiger partial charge in [-0.05, 0) is 207 Å². The zero-order valence-electron chi connectivity index (χ0n) is 81.6. The Morgan fingerprint density at radius 1 is 0.386 bits per heavy atom. The van der Waals surface area contributed by atoms with Gasteiger partial charge in [-0.1, -0.05) is 209 Å². The van der Waals surface area contributed by atoms with Crippen molar-refractivity contribution in [3.8, 4) is 62.0 Å². The Balaban J connectivity index is 0.000000115. The average molecular weight is 2070 g/mol. The molecule has 0 saturated carbocycles. The van der Waals surface area contributed by atoms with Crippen molar-refractivity contribution in [1.29, 1.82) is 0 Å². The number of halogens is 1. The molecule has 0 atom stereocenters. The molecular weight excluding hydrogens is 1960 g/mol. The number of aromatic nitrogens is 10. The van der Waals surface area contributed by atoms with Crippen LogP contribution >= 0.6 is 68.3 Å². The van der Waals surface area contributed by atoms with E-state index in [1.807, 2.05) is 181 Å². The first-order valence-electron chi connectivity index (χ1n) is 49.3. The van der Waals surface area contributed by atoms with Crippen LogP contribution < -0.4 is 26.0 Å². The van der Waals surface area contributed by atoms with Gasteiger partial charge in [-0.25, -0.2) is 33.3 Å². The Morgan fingerprint density at radius 2 is 0.731 bits per heavy atom. The standard InChI is InChI=1S/C24H26N4O3S.C24H26N4O2S.C24H26N4OS.C23H26N4OS.C16H11ClN2O2S2/c1-30-19-5-2-4-17(14-19)20-16-28-21-7-6-18(15-22(21)32-24(28)26-20)23(29)25-8-3-9-27-10-12-31-13-11-27;1-17-3-5-18(6-4-17)20-16-28-21-8-7-19(15-22(21)31-24(28)26-20)23(29)25-9-2-10-27-11-13-30-14-12-27;29-23(25-12-7-15-27-13-5-2-6-14-27)19-10-11-21-22(16-19)30-24-26-20(17-28(21)24)18-8-3-1-4-9-18;1-3-26(4-2)14-8-13-24-22(28)18-11-12-20-21(15-18)29-23-25-19(16-27(20)23)17-9-6-5-7-10-17;1-23(20,21)10-6-7-14-15(8-10)22-16-18-13(9-19(14)16)11-4-2-3-5-12(11)17/h2,4-7,14-16H,3,8-13H2,1H3,(H,25,29);3-8,15-16H,2,9-14H2,1H3,(H,25,29);1,3-4,8-11,16-17H,2,5-7,12-15H2,(H,25,29);5-7,9-12,15-16H,3-4,8,13-14H2,1-2H3,(H,24,28);2-9H,1H3. The van der Waals surface area contributed by atoms with E-state index in [-0.39, 0.29) is 23.6 Å². The van der Waals surface area contributed by atoms with Crippen LogP contribution in [-0.4, -0.2) is 243 Å². The molecule has 0 aliphatic carbocycles. The lowest BCUT2D eigenvalue weighted by atomic mass is 10.1. The third kappa shape index (κ3) is 24.4. The Morgan fingerprint density at radius 3 is 1.12 bits per heavy atom. The van der Waals surface area contributed by atoms with Crippen LogP contribution in [0.15, 0.2) is 260 Å². The van der Waals surface area contributed by atoms with E-state index in [9.17, 15) is 27.6 Å². The fourth-order valence-corrected chi connectivity index (χ4v) is 24.3. The van der Waals surface area contributed by atoms with Gasteiger partial charge in [0.25, 0.3) is 23.6 Å². The summed E-state index contributed by atoms with van der Waals surface area (Å²) in [7, 11) is -1.55. The summed E-state index contributed by atoms with van der Waals surface area (Å²) in [6, 6.07) is 72.9. The summed E-state index contributed by atoms with van der Waals surface area (Å²) in [5.41, 5.74) is 19.1. The van der Waals surface area contributed by atoms with Crippen LogP contribution in [0.3, 0.4) is 0 Å². The summed E-state index contributed by atoms with van der Waals surface area (Å²) in [4.78, 5) is 88.6. The predicted octanol–water partition coefficient (Wildman–Crippen LogP) is 21.4. The zero-order valence-corrected chi connectivity index (χ0v) is 87.3. The third-order valence-electron chi connectivity index (χ3n) is 26.2. The Hall–Kier alpha value is -13.0. The molecule has 23 rings (SSSR count). The lowest BCUT2D eigenvalue weighted by Crippen LogP contribution is -2.38. The first-order chi connectivity index (χ1) is 70.8. The molecule has 0 radical (unpaired) electrons. The van der Waals surface area contributed by atoms with Gasteiger partial charge >= 0.3 is 0 Å². The van der Waals surface area contributed by atoms with Gasteiger partial charge in [0, 0.05) is 140 Å². The number of ether oxygens (including phenoxy) is 3. The summed E-state index contributed by atoms with van der Waals surface area (Å²) >= 11 is 14.1. The van der Waals surface area contributed by atoms with E-state index < -0.39 is 9.84 Å². The summed E-state index contributed by atoms with van der Waals surface area (Å²) in [5, 5.41) is 12.9. The van der Waals surface area contributed by atoms with Crippen molar-refractivity contribution in [3.63, 3.8) is 0 Å². The molecule has 27 nitrogen and oxygen atoms in total. The molecule has 4 amide bonds. The molecule has 3 aliphatic rings. The average Bonchev–Trinajstić information content (AvgIpc) is 1.62. The van der Waals surface area contributed by atoms with Crippen molar-refractivity contribution in [3.05, 3.63) is 288 Å². The molecule has 4 N–H and O–H groups in total. The summed E-state index contributed by atoms with van der Waals surface area (Å²) < 4.78 is 54.9. The number of carbonyl (C=O) groups is 4. The van der Waals surface area contributed by atoms with E-state index in [0.29, 0.717) is 51.8 Å². The number of thiazole rings is 5. The lowest BCUT2D eigenvalue weighted by molar-refractivity contribution is 0.0373. The molecule has 3 saturated heterocycles. The number of fused-ring (bicyclic) bond motifs is 15. The molecule has 13 heterocycles. The highest BCUT2D eigenvalue weighted by atomic mass is 35.5. The topological polar surface area (TPSA) is 278 Å². The fraction of sp³-hybridized carbons (Fsp3) is 0.288. The van der Waals surface area contributed by atoms with Crippen LogP contribution in [0.5, 0.6) is 5.75 Å². The van der Waals surface area contributed by atoms with Crippen molar-refractivity contribution < 1.29 is 41.8 Å². The van der Waals surface area contributed by atoms with Gasteiger partial charge in [0.15, 0.2) is 34.6 Å². The normalized spacial score (nSPS) is 13.8.